The molecule has 22 heavy (non-hydrogen) atoms. The molecule has 1 fully saturated rings. The van der Waals surface area contributed by atoms with E-state index in [1.807, 2.05) is 10.6 Å². The van der Waals surface area contributed by atoms with Crippen molar-refractivity contribution in [2.24, 2.45) is 0 Å². The van der Waals surface area contributed by atoms with Crippen LogP contribution in [0.5, 0.6) is 5.75 Å². The van der Waals surface area contributed by atoms with Crippen molar-refractivity contribution in [3.05, 3.63) is 35.1 Å². The normalized spacial score (nSPS) is 20.1. The van der Waals surface area contributed by atoms with Gasteiger partial charge in [0.15, 0.2) is 0 Å². The minimum absolute atomic E-state index is 0.0956. The van der Waals surface area contributed by atoms with Crippen molar-refractivity contribution in [3.63, 3.8) is 0 Å². The van der Waals surface area contributed by atoms with E-state index in [9.17, 15) is 4.79 Å². The quantitative estimate of drug-likeness (QED) is 0.944. The Morgan fingerprint density at radius 2 is 2.23 bits per heavy atom. The molecule has 114 valence electrons. The van der Waals surface area contributed by atoms with Crippen molar-refractivity contribution in [2.75, 3.05) is 11.9 Å². The van der Waals surface area contributed by atoms with Crippen LogP contribution in [0.15, 0.2) is 24.5 Å². The van der Waals surface area contributed by atoms with Gasteiger partial charge in [0.05, 0.1) is 12.5 Å². The van der Waals surface area contributed by atoms with Crippen LogP contribution in [0.1, 0.15) is 36.8 Å². The number of hydrogen-bond acceptors (Lipinski definition) is 4. The smallest absolute Gasteiger partial charge is 0.234 e. The zero-order chi connectivity index (χ0) is 15.1. The van der Waals surface area contributed by atoms with E-state index in [4.69, 9.17) is 16.3 Å². The van der Waals surface area contributed by atoms with Gasteiger partial charge in [-0.3, -0.25) is 14.7 Å². The molecule has 7 heteroatoms. The van der Waals surface area contributed by atoms with Crippen LogP contribution < -0.4 is 10.1 Å². The largest absolute Gasteiger partial charge is 0.493 e. The minimum atomic E-state index is -0.285. The average molecular weight is 319 g/mol. The summed E-state index contributed by atoms with van der Waals surface area (Å²) >= 11 is 6.05. The second-order valence-electron chi connectivity index (χ2n) is 5.65. The van der Waals surface area contributed by atoms with Crippen LogP contribution in [0.2, 0.25) is 5.02 Å². The lowest BCUT2D eigenvalue weighted by Gasteiger charge is -2.25. The van der Waals surface area contributed by atoms with Crippen molar-refractivity contribution < 1.29 is 9.53 Å². The molecular formula is C15H15ClN4O2. The Kier molecular flexibility index (Phi) is 3.26. The number of nitrogens with one attached hydrogen (secondary N) is 1. The number of ether oxygens (including phenoxy) is 1. The van der Waals surface area contributed by atoms with Gasteiger partial charge in [-0.05, 0) is 37.5 Å². The lowest BCUT2D eigenvalue weighted by atomic mass is 9.92. The maximum absolute atomic E-state index is 12.6. The van der Waals surface area contributed by atoms with Crippen LogP contribution in [-0.4, -0.2) is 27.3 Å². The predicted octanol–water partition coefficient (Wildman–Crippen LogP) is 2.77. The van der Waals surface area contributed by atoms with Gasteiger partial charge in [0.2, 0.25) is 11.9 Å². The SMILES string of the molecule is O=C(Nc1nncn1C1CC1)[C@H]1CCOc2ccc(Cl)cc21. The van der Waals surface area contributed by atoms with E-state index in [1.165, 1.54) is 0 Å². The van der Waals surface area contributed by atoms with Gasteiger partial charge in [-0.1, -0.05) is 11.6 Å². The first-order chi connectivity index (χ1) is 10.7. The predicted molar refractivity (Wildman–Crippen MR) is 81.2 cm³/mol. The summed E-state index contributed by atoms with van der Waals surface area (Å²) in [7, 11) is 0. The van der Waals surface area contributed by atoms with E-state index < -0.39 is 0 Å². The van der Waals surface area contributed by atoms with Crippen molar-refractivity contribution in [3.8, 4) is 5.75 Å². The fraction of sp³-hybridized carbons (Fsp3) is 0.400. The summed E-state index contributed by atoms with van der Waals surface area (Å²) in [4.78, 5) is 12.6. The van der Waals surface area contributed by atoms with E-state index in [1.54, 1.807) is 18.5 Å². The summed E-state index contributed by atoms with van der Waals surface area (Å²) in [6.45, 7) is 0.516. The number of hydrogen-bond donors (Lipinski definition) is 1. The van der Waals surface area contributed by atoms with Crippen LogP contribution in [0.25, 0.3) is 0 Å². The molecule has 2 heterocycles. The topological polar surface area (TPSA) is 69.0 Å². The molecule has 1 amide bonds. The maximum atomic E-state index is 12.6. The highest BCUT2D eigenvalue weighted by Gasteiger charge is 2.31. The molecular weight excluding hydrogens is 304 g/mol. The number of amides is 1. The summed E-state index contributed by atoms with van der Waals surface area (Å²) in [6.07, 6.45) is 4.51. The molecule has 6 nitrogen and oxygen atoms in total. The molecule has 1 N–H and O–H groups in total. The lowest BCUT2D eigenvalue weighted by molar-refractivity contribution is -0.118. The van der Waals surface area contributed by atoms with Crippen molar-refractivity contribution in [1.29, 1.82) is 0 Å². The van der Waals surface area contributed by atoms with Crippen LogP contribution in [0, 0.1) is 0 Å². The van der Waals surface area contributed by atoms with Crippen LogP contribution >= 0.6 is 11.6 Å². The Labute approximate surface area is 132 Å². The number of halogens is 1. The lowest BCUT2D eigenvalue weighted by Crippen LogP contribution is -2.27. The van der Waals surface area contributed by atoms with E-state index in [-0.39, 0.29) is 11.8 Å². The van der Waals surface area contributed by atoms with Gasteiger partial charge in [-0.2, -0.15) is 0 Å². The Hall–Kier alpha value is -2.08. The standard InChI is InChI=1S/C15H15ClN4O2/c16-9-1-4-13-12(7-9)11(5-6-22-13)14(21)18-15-19-17-8-20(15)10-2-3-10/h1,4,7-8,10-11H,2-3,5-6H2,(H,18,19,21)/t11-/m0/s1. The van der Waals surface area contributed by atoms with Gasteiger partial charge in [0.1, 0.15) is 12.1 Å². The van der Waals surface area contributed by atoms with E-state index in [0.717, 1.165) is 24.2 Å². The molecule has 1 aliphatic heterocycles. The molecule has 0 bridgehead atoms. The number of aromatic nitrogens is 3. The number of benzene rings is 1. The summed E-state index contributed by atoms with van der Waals surface area (Å²) < 4.78 is 7.52. The third-order valence-corrected chi connectivity index (χ3v) is 4.31. The molecule has 0 unspecified atom stereocenters. The Balaban J connectivity index is 1.58. The molecule has 1 atom stereocenters. The maximum Gasteiger partial charge on any atom is 0.234 e. The number of nitrogens with zero attached hydrogens (tertiary/aromatic N) is 3. The second kappa shape index (κ2) is 5.28. The number of anilines is 1. The average Bonchev–Trinajstić information content (AvgIpc) is 3.26. The summed E-state index contributed by atoms with van der Waals surface area (Å²) in [5.74, 6) is 0.857. The first kappa shape index (κ1) is 13.6. The highest BCUT2D eigenvalue weighted by molar-refractivity contribution is 6.30. The van der Waals surface area contributed by atoms with E-state index >= 15 is 0 Å². The number of rotatable bonds is 3. The highest BCUT2D eigenvalue weighted by atomic mass is 35.5. The fourth-order valence-corrected chi connectivity index (χ4v) is 2.97. The molecule has 2 aliphatic rings. The third-order valence-electron chi connectivity index (χ3n) is 4.08. The first-order valence-corrected chi connectivity index (χ1v) is 7.73. The van der Waals surface area contributed by atoms with E-state index in [2.05, 4.69) is 15.5 Å². The molecule has 2 aromatic rings. The third kappa shape index (κ3) is 2.43. The van der Waals surface area contributed by atoms with Gasteiger partial charge in [0, 0.05) is 16.6 Å². The van der Waals surface area contributed by atoms with Crippen molar-refractivity contribution in [2.45, 2.75) is 31.2 Å². The molecule has 1 aromatic carbocycles. The van der Waals surface area contributed by atoms with Crippen LogP contribution in [0.4, 0.5) is 5.95 Å². The molecule has 1 aromatic heterocycles. The van der Waals surface area contributed by atoms with Gasteiger partial charge >= 0.3 is 0 Å². The monoisotopic (exact) mass is 318 g/mol. The Bertz CT molecular complexity index is 726. The number of fused-ring (bicyclic) bond motifs is 1. The Morgan fingerprint density at radius 3 is 3.05 bits per heavy atom. The van der Waals surface area contributed by atoms with Gasteiger partial charge in [-0.25, -0.2) is 0 Å². The van der Waals surface area contributed by atoms with Gasteiger partial charge < -0.3 is 4.74 Å². The highest BCUT2D eigenvalue weighted by Crippen LogP contribution is 2.38. The molecule has 1 aliphatic carbocycles. The van der Waals surface area contributed by atoms with Crippen molar-refractivity contribution >= 4 is 23.5 Å². The second-order valence-corrected chi connectivity index (χ2v) is 6.09. The zero-order valence-electron chi connectivity index (χ0n) is 11.8. The molecule has 0 saturated heterocycles. The number of carbonyl (C=O) groups excluding carboxylic acids is 1. The first-order valence-electron chi connectivity index (χ1n) is 7.35. The molecule has 1 saturated carbocycles. The van der Waals surface area contributed by atoms with Crippen LogP contribution in [0.3, 0.4) is 0 Å². The molecule has 0 spiro atoms. The zero-order valence-corrected chi connectivity index (χ0v) is 12.6. The van der Waals surface area contributed by atoms with Crippen molar-refractivity contribution in [1.82, 2.24) is 14.8 Å². The summed E-state index contributed by atoms with van der Waals surface area (Å²) in [5, 5.41) is 11.4. The van der Waals surface area contributed by atoms with Gasteiger partial charge in [0.25, 0.3) is 0 Å². The minimum Gasteiger partial charge on any atom is -0.493 e. The molecule has 0 radical (unpaired) electrons. The summed E-state index contributed by atoms with van der Waals surface area (Å²) in [5.41, 5.74) is 0.828. The molecule has 4 rings (SSSR count). The summed E-state index contributed by atoms with van der Waals surface area (Å²) in [6, 6.07) is 5.79. The van der Waals surface area contributed by atoms with Crippen LogP contribution in [-0.2, 0) is 4.79 Å². The number of carbonyl (C=O) groups is 1. The Morgan fingerprint density at radius 1 is 1.36 bits per heavy atom. The van der Waals surface area contributed by atoms with E-state index in [0.29, 0.717) is 30.0 Å². The fourth-order valence-electron chi connectivity index (χ4n) is 2.79. The van der Waals surface area contributed by atoms with Gasteiger partial charge in [-0.15, -0.1) is 10.2 Å².